The van der Waals surface area contributed by atoms with Gasteiger partial charge in [0.05, 0.1) is 0 Å². The Morgan fingerprint density at radius 2 is 2.25 bits per heavy atom. The van der Waals surface area contributed by atoms with Gasteiger partial charge in [0.15, 0.2) is 0 Å². The van der Waals surface area contributed by atoms with Crippen LogP contribution in [0.2, 0.25) is 0 Å². The van der Waals surface area contributed by atoms with E-state index in [1.165, 1.54) is 25.7 Å². The lowest BCUT2D eigenvalue weighted by atomic mass is 9.84. The van der Waals surface area contributed by atoms with E-state index in [1.54, 1.807) is 18.3 Å². The minimum Gasteiger partial charge on any atom is -0.384 e. The van der Waals surface area contributed by atoms with Crippen LogP contribution in [-0.2, 0) is 4.74 Å². The van der Waals surface area contributed by atoms with Crippen molar-refractivity contribution in [3.05, 3.63) is 11.1 Å². The minimum absolute atomic E-state index is 0.783. The SMILES string of the molecule is CCC1=C(C)CC(COC)CC1. The lowest BCUT2D eigenvalue weighted by molar-refractivity contribution is 0.144. The van der Waals surface area contributed by atoms with E-state index < -0.39 is 0 Å². The van der Waals surface area contributed by atoms with Crippen molar-refractivity contribution in [3.8, 4) is 0 Å². The summed E-state index contributed by atoms with van der Waals surface area (Å²) in [5.74, 6) is 0.783. The highest BCUT2D eigenvalue weighted by atomic mass is 16.5. The zero-order valence-electron chi connectivity index (χ0n) is 8.52. The first-order valence-electron chi connectivity index (χ1n) is 4.94. The molecule has 1 aliphatic rings. The second-order valence-electron chi connectivity index (χ2n) is 3.80. The van der Waals surface area contributed by atoms with Crippen molar-refractivity contribution in [2.24, 2.45) is 5.92 Å². The molecule has 12 heavy (non-hydrogen) atoms. The lowest BCUT2D eigenvalue weighted by Crippen LogP contribution is -2.14. The summed E-state index contributed by atoms with van der Waals surface area (Å²) in [6, 6.07) is 0. The summed E-state index contributed by atoms with van der Waals surface area (Å²) in [4.78, 5) is 0. The highest BCUT2D eigenvalue weighted by Crippen LogP contribution is 2.30. The van der Waals surface area contributed by atoms with Crippen LogP contribution in [0.5, 0.6) is 0 Å². The quantitative estimate of drug-likeness (QED) is 0.588. The van der Waals surface area contributed by atoms with Crippen LogP contribution in [0.25, 0.3) is 0 Å². The Morgan fingerprint density at radius 1 is 1.50 bits per heavy atom. The Bertz CT molecular complexity index is 170. The van der Waals surface area contributed by atoms with Crippen molar-refractivity contribution in [2.75, 3.05) is 13.7 Å². The molecule has 1 atom stereocenters. The van der Waals surface area contributed by atoms with Gasteiger partial charge in [0.1, 0.15) is 0 Å². The summed E-state index contributed by atoms with van der Waals surface area (Å²) in [5.41, 5.74) is 3.30. The smallest absolute Gasteiger partial charge is 0.0493 e. The van der Waals surface area contributed by atoms with Gasteiger partial charge in [0.2, 0.25) is 0 Å². The maximum atomic E-state index is 5.18. The van der Waals surface area contributed by atoms with Crippen LogP contribution < -0.4 is 0 Å². The highest BCUT2D eigenvalue weighted by molar-refractivity contribution is 5.15. The maximum Gasteiger partial charge on any atom is 0.0493 e. The monoisotopic (exact) mass is 168 g/mol. The average molecular weight is 168 g/mol. The molecule has 0 spiro atoms. The third-order valence-electron chi connectivity index (χ3n) is 2.88. The summed E-state index contributed by atoms with van der Waals surface area (Å²) in [7, 11) is 1.80. The average Bonchev–Trinajstić information content (AvgIpc) is 2.05. The van der Waals surface area contributed by atoms with Crippen molar-refractivity contribution in [1.82, 2.24) is 0 Å². The molecule has 0 saturated carbocycles. The summed E-state index contributed by atoms with van der Waals surface area (Å²) in [6.45, 7) is 5.48. The van der Waals surface area contributed by atoms with E-state index in [4.69, 9.17) is 4.74 Å². The van der Waals surface area contributed by atoms with Crippen LogP contribution in [0.15, 0.2) is 11.1 Å². The maximum absolute atomic E-state index is 5.18. The van der Waals surface area contributed by atoms with Crippen LogP contribution in [0.3, 0.4) is 0 Å². The highest BCUT2D eigenvalue weighted by Gasteiger charge is 2.16. The van der Waals surface area contributed by atoms with Gasteiger partial charge < -0.3 is 4.74 Å². The molecule has 1 heteroatoms. The minimum atomic E-state index is 0.783. The van der Waals surface area contributed by atoms with Crippen molar-refractivity contribution < 1.29 is 4.74 Å². The van der Waals surface area contributed by atoms with E-state index in [-0.39, 0.29) is 0 Å². The van der Waals surface area contributed by atoms with Gasteiger partial charge in [-0.25, -0.2) is 0 Å². The largest absolute Gasteiger partial charge is 0.384 e. The topological polar surface area (TPSA) is 9.23 Å². The van der Waals surface area contributed by atoms with E-state index in [2.05, 4.69) is 13.8 Å². The second kappa shape index (κ2) is 4.66. The fourth-order valence-electron chi connectivity index (χ4n) is 2.13. The molecular weight excluding hydrogens is 148 g/mol. The van der Waals surface area contributed by atoms with Gasteiger partial charge in [-0.3, -0.25) is 0 Å². The first kappa shape index (κ1) is 9.79. The van der Waals surface area contributed by atoms with Crippen molar-refractivity contribution in [1.29, 1.82) is 0 Å². The molecule has 0 amide bonds. The first-order valence-corrected chi connectivity index (χ1v) is 4.94. The molecule has 0 fully saturated rings. The summed E-state index contributed by atoms with van der Waals surface area (Å²) in [6.07, 6.45) is 5.13. The summed E-state index contributed by atoms with van der Waals surface area (Å²) < 4.78 is 5.18. The Labute approximate surface area is 75.8 Å². The molecule has 1 aliphatic carbocycles. The van der Waals surface area contributed by atoms with Gasteiger partial charge in [0.25, 0.3) is 0 Å². The third-order valence-corrected chi connectivity index (χ3v) is 2.88. The van der Waals surface area contributed by atoms with Gasteiger partial charge in [-0.15, -0.1) is 0 Å². The Balaban J connectivity index is 2.47. The van der Waals surface area contributed by atoms with Gasteiger partial charge in [0, 0.05) is 13.7 Å². The fraction of sp³-hybridized carbons (Fsp3) is 0.818. The molecule has 0 bridgehead atoms. The molecule has 0 heterocycles. The van der Waals surface area contributed by atoms with Crippen molar-refractivity contribution >= 4 is 0 Å². The number of rotatable bonds is 3. The van der Waals surface area contributed by atoms with Gasteiger partial charge in [-0.05, 0) is 38.5 Å². The van der Waals surface area contributed by atoms with Crippen LogP contribution in [0.1, 0.15) is 39.5 Å². The Hall–Kier alpha value is -0.300. The number of methoxy groups -OCH3 is 1. The number of hydrogen-bond acceptors (Lipinski definition) is 1. The number of ether oxygens (including phenoxy) is 1. The predicted molar refractivity (Wildman–Crippen MR) is 52.2 cm³/mol. The Morgan fingerprint density at radius 3 is 2.75 bits per heavy atom. The van der Waals surface area contributed by atoms with Crippen molar-refractivity contribution in [3.63, 3.8) is 0 Å². The van der Waals surface area contributed by atoms with Crippen LogP contribution >= 0.6 is 0 Å². The van der Waals surface area contributed by atoms with E-state index in [1.807, 2.05) is 0 Å². The molecule has 0 N–H and O–H groups in total. The molecule has 0 aromatic carbocycles. The van der Waals surface area contributed by atoms with Gasteiger partial charge in [-0.1, -0.05) is 18.1 Å². The van der Waals surface area contributed by atoms with Crippen LogP contribution in [0.4, 0.5) is 0 Å². The molecular formula is C11H20O. The van der Waals surface area contributed by atoms with Crippen LogP contribution in [-0.4, -0.2) is 13.7 Å². The first-order chi connectivity index (χ1) is 5.77. The number of hydrogen-bond donors (Lipinski definition) is 0. The summed E-state index contributed by atoms with van der Waals surface area (Å²) >= 11 is 0. The van der Waals surface area contributed by atoms with E-state index >= 15 is 0 Å². The molecule has 0 aromatic heterocycles. The third kappa shape index (κ3) is 2.34. The normalized spacial score (nSPS) is 24.8. The molecule has 0 aliphatic heterocycles. The zero-order chi connectivity index (χ0) is 8.97. The molecule has 0 saturated heterocycles. The molecule has 0 aromatic rings. The van der Waals surface area contributed by atoms with Crippen LogP contribution in [0, 0.1) is 5.92 Å². The van der Waals surface area contributed by atoms with E-state index in [9.17, 15) is 0 Å². The molecule has 70 valence electrons. The standard InChI is InChI=1S/C11H20O/c1-4-11-6-5-10(8-12-3)7-9(11)2/h10H,4-8H2,1-3H3. The van der Waals surface area contributed by atoms with E-state index in [0.29, 0.717) is 0 Å². The molecule has 1 unspecified atom stereocenters. The molecule has 1 nitrogen and oxygen atoms in total. The predicted octanol–water partition coefficient (Wildman–Crippen LogP) is 3.16. The lowest BCUT2D eigenvalue weighted by Gasteiger charge is -2.24. The van der Waals surface area contributed by atoms with E-state index in [0.717, 1.165) is 12.5 Å². The van der Waals surface area contributed by atoms with Gasteiger partial charge in [-0.2, -0.15) is 0 Å². The van der Waals surface area contributed by atoms with Crippen molar-refractivity contribution in [2.45, 2.75) is 39.5 Å². The summed E-state index contributed by atoms with van der Waals surface area (Å²) in [5, 5.41) is 0. The zero-order valence-corrected chi connectivity index (χ0v) is 8.52. The molecule has 1 rings (SSSR count). The molecule has 0 radical (unpaired) electrons. The van der Waals surface area contributed by atoms with Gasteiger partial charge >= 0.3 is 0 Å². The Kier molecular flexibility index (Phi) is 3.80. The fourth-order valence-corrected chi connectivity index (χ4v) is 2.13. The second-order valence-corrected chi connectivity index (χ2v) is 3.80. The number of allylic oxidation sites excluding steroid dienone is 2.